The van der Waals surface area contributed by atoms with Crippen LogP contribution in [-0.4, -0.2) is 47.5 Å². The zero-order valence-electron chi connectivity index (χ0n) is 20.8. The number of carbonyl (C=O) groups is 3. The molecule has 7 nitrogen and oxygen atoms in total. The number of ether oxygens (including phenoxy) is 2. The number of carbonyl (C=O) groups excluding carboxylic acids is 3. The first-order valence-corrected chi connectivity index (χ1v) is 13.0. The smallest absolute Gasteiger partial charge is 0.397 e. The van der Waals surface area contributed by atoms with Crippen molar-refractivity contribution in [3.63, 3.8) is 0 Å². The molecule has 3 rings (SSSR count). The summed E-state index contributed by atoms with van der Waals surface area (Å²) in [5.41, 5.74) is 0.763. The van der Waals surface area contributed by atoms with E-state index in [-0.39, 0.29) is 12.0 Å². The Morgan fingerprint density at radius 3 is 2.58 bits per heavy atom. The van der Waals surface area contributed by atoms with Gasteiger partial charge in [0.25, 0.3) is 0 Å². The van der Waals surface area contributed by atoms with Crippen LogP contribution < -0.4 is 5.32 Å². The Hall–Kier alpha value is -1.93. The summed E-state index contributed by atoms with van der Waals surface area (Å²) in [6.07, 6.45) is 6.13. The highest BCUT2D eigenvalue weighted by atomic mass is 32.1. The van der Waals surface area contributed by atoms with Crippen LogP contribution in [-0.2, 0) is 19.1 Å². The van der Waals surface area contributed by atoms with E-state index in [1.165, 1.54) is 11.3 Å². The molecule has 2 aliphatic rings. The Balaban J connectivity index is 2.03. The lowest BCUT2D eigenvalue weighted by atomic mass is 9.81. The van der Waals surface area contributed by atoms with Gasteiger partial charge >= 0.3 is 17.8 Å². The highest BCUT2D eigenvalue weighted by molar-refractivity contribution is 7.17. The summed E-state index contributed by atoms with van der Waals surface area (Å²) in [5, 5.41) is 3.09. The van der Waals surface area contributed by atoms with Gasteiger partial charge in [-0.25, -0.2) is 9.59 Å². The monoisotopic (exact) mass is 478 g/mol. The number of amides is 1. The van der Waals surface area contributed by atoms with E-state index in [2.05, 4.69) is 17.1 Å². The van der Waals surface area contributed by atoms with Crippen molar-refractivity contribution in [1.82, 2.24) is 4.90 Å². The van der Waals surface area contributed by atoms with Gasteiger partial charge < -0.3 is 14.8 Å². The first-order valence-electron chi connectivity index (χ1n) is 12.2. The first-order chi connectivity index (χ1) is 15.5. The van der Waals surface area contributed by atoms with Gasteiger partial charge in [-0.15, -0.1) is 11.3 Å². The zero-order valence-corrected chi connectivity index (χ0v) is 21.6. The minimum atomic E-state index is -0.950. The molecule has 0 spiro atoms. The molecule has 3 unspecified atom stereocenters. The third-order valence-electron chi connectivity index (χ3n) is 6.02. The quantitative estimate of drug-likeness (QED) is 0.320. The largest absolute Gasteiger partial charge is 0.456 e. The summed E-state index contributed by atoms with van der Waals surface area (Å²) in [4.78, 5) is 41.8. The van der Waals surface area contributed by atoms with E-state index in [9.17, 15) is 14.4 Å². The minimum Gasteiger partial charge on any atom is -0.456 e. The molecule has 2 bridgehead atoms. The lowest BCUT2D eigenvalue weighted by molar-refractivity contribution is -0.155. The van der Waals surface area contributed by atoms with Crippen molar-refractivity contribution < 1.29 is 23.9 Å². The molecule has 8 heteroatoms. The van der Waals surface area contributed by atoms with Crippen LogP contribution in [0.25, 0.3) is 0 Å². The van der Waals surface area contributed by atoms with E-state index in [0.717, 1.165) is 62.1 Å². The Labute approximate surface area is 201 Å². The first kappa shape index (κ1) is 25.7. The number of esters is 2. The molecule has 0 aliphatic carbocycles. The SMILES string of the molecule is CCCCCC1c2sc(NC(=O)C(=O)OC(C)C)c(C(=O)OC(C)(C)C)c2C2CCCN1C2. The second-order valence-electron chi connectivity index (χ2n) is 10.3. The number of nitrogens with zero attached hydrogens (tertiary/aromatic N) is 1. The van der Waals surface area contributed by atoms with Crippen molar-refractivity contribution in [3.05, 3.63) is 16.0 Å². The van der Waals surface area contributed by atoms with Crippen molar-refractivity contribution in [2.24, 2.45) is 0 Å². The molecule has 1 amide bonds. The molecule has 1 aromatic heterocycles. The van der Waals surface area contributed by atoms with Gasteiger partial charge in [0.2, 0.25) is 0 Å². The molecular weight excluding hydrogens is 440 g/mol. The number of unbranched alkanes of at least 4 members (excludes halogenated alkanes) is 2. The minimum absolute atomic E-state index is 0.225. The Bertz CT molecular complexity index is 886. The number of anilines is 1. The standard InChI is InChI=1S/C25H38N2O5S/c1-7-8-9-12-17-20-18(16-11-10-13-27(17)14-16)19(23(29)32-25(4,5)6)22(33-20)26-21(28)24(30)31-15(2)3/h15-17H,7-14H2,1-6H3,(H,26,28). The number of hydrogen-bond acceptors (Lipinski definition) is 7. The molecule has 2 aliphatic heterocycles. The highest BCUT2D eigenvalue weighted by Gasteiger charge is 2.42. The summed E-state index contributed by atoms with van der Waals surface area (Å²) in [7, 11) is 0. The van der Waals surface area contributed by atoms with E-state index in [0.29, 0.717) is 10.6 Å². The average Bonchev–Trinajstić information content (AvgIpc) is 3.08. The molecule has 1 N–H and O–H groups in total. The molecule has 1 aromatic rings. The van der Waals surface area contributed by atoms with Crippen molar-refractivity contribution >= 4 is 34.2 Å². The predicted molar refractivity (Wildman–Crippen MR) is 130 cm³/mol. The highest BCUT2D eigenvalue weighted by Crippen LogP contribution is 2.51. The molecule has 1 saturated heterocycles. The molecule has 0 saturated carbocycles. The van der Waals surface area contributed by atoms with Crippen molar-refractivity contribution in [3.8, 4) is 0 Å². The van der Waals surface area contributed by atoms with Crippen molar-refractivity contribution in [2.45, 2.75) is 104 Å². The summed E-state index contributed by atoms with van der Waals surface area (Å²) in [6, 6.07) is 0.225. The van der Waals surface area contributed by atoms with Crippen LogP contribution in [0.3, 0.4) is 0 Å². The van der Waals surface area contributed by atoms with Gasteiger partial charge in [0.1, 0.15) is 10.6 Å². The van der Waals surface area contributed by atoms with E-state index in [4.69, 9.17) is 9.47 Å². The van der Waals surface area contributed by atoms with Crippen LogP contribution >= 0.6 is 11.3 Å². The van der Waals surface area contributed by atoms with Crippen LogP contribution in [0.15, 0.2) is 0 Å². The molecule has 184 valence electrons. The van der Waals surface area contributed by atoms with Gasteiger partial charge in [-0.2, -0.15) is 0 Å². The second kappa shape index (κ2) is 10.6. The molecule has 0 radical (unpaired) electrons. The number of rotatable bonds is 7. The van der Waals surface area contributed by atoms with E-state index >= 15 is 0 Å². The van der Waals surface area contributed by atoms with Crippen LogP contribution in [0.4, 0.5) is 5.00 Å². The maximum absolute atomic E-state index is 13.4. The summed E-state index contributed by atoms with van der Waals surface area (Å²) < 4.78 is 10.8. The molecule has 3 atom stereocenters. The Morgan fingerprint density at radius 2 is 1.94 bits per heavy atom. The maximum atomic E-state index is 13.4. The number of thiophene rings is 1. The molecule has 1 fully saturated rings. The van der Waals surface area contributed by atoms with Crippen LogP contribution in [0, 0.1) is 0 Å². The molecule has 3 heterocycles. The zero-order chi connectivity index (χ0) is 24.3. The van der Waals surface area contributed by atoms with Crippen LogP contribution in [0.5, 0.6) is 0 Å². The third kappa shape index (κ3) is 6.15. The summed E-state index contributed by atoms with van der Waals surface area (Å²) in [5.74, 6) is -2.03. The van der Waals surface area contributed by atoms with E-state index in [1.54, 1.807) is 13.8 Å². The normalized spacial score (nSPS) is 22.0. The van der Waals surface area contributed by atoms with Gasteiger partial charge in [0.05, 0.1) is 11.7 Å². The number of nitrogens with one attached hydrogen (secondary N) is 1. The lowest BCUT2D eigenvalue weighted by Gasteiger charge is -2.43. The fraction of sp³-hybridized carbons (Fsp3) is 0.720. The average molecular weight is 479 g/mol. The van der Waals surface area contributed by atoms with Crippen LogP contribution in [0.2, 0.25) is 0 Å². The predicted octanol–water partition coefficient (Wildman–Crippen LogP) is 5.41. The molecule has 0 aromatic carbocycles. The number of fused-ring (bicyclic) bond motifs is 4. The summed E-state index contributed by atoms with van der Waals surface area (Å²) in [6.45, 7) is 13.0. The number of hydrogen-bond donors (Lipinski definition) is 1. The second-order valence-corrected chi connectivity index (χ2v) is 11.4. The van der Waals surface area contributed by atoms with E-state index < -0.39 is 29.6 Å². The fourth-order valence-electron chi connectivity index (χ4n) is 4.75. The Kier molecular flexibility index (Phi) is 8.22. The number of piperidine rings is 1. The molecular formula is C25H38N2O5S. The van der Waals surface area contributed by atoms with Gasteiger partial charge in [-0.3, -0.25) is 9.69 Å². The van der Waals surface area contributed by atoms with E-state index in [1.807, 2.05) is 20.8 Å². The summed E-state index contributed by atoms with van der Waals surface area (Å²) >= 11 is 1.42. The third-order valence-corrected chi connectivity index (χ3v) is 7.24. The van der Waals surface area contributed by atoms with Gasteiger partial charge in [0, 0.05) is 17.5 Å². The Morgan fingerprint density at radius 1 is 1.21 bits per heavy atom. The van der Waals surface area contributed by atoms with Crippen molar-refractivity contribution in [1.29, 1.82) is 0 Å². The molecule has 33 heavy (non-hydrogen) atoms. The van der Waals surface area contributed by atoms with Crippen molar-refractivity contribution in [2.75, 3.05) is 18.4 Å². The van der Waals surface area contributed by atoms with Gasteiger partial charge in [-0.05, 0) is 71.9 Å². The lowest BCUT2D eigenvalue weighted by Crippen LogP contribution is -2.42. The maximum Gasteiger partial charge on any atom is 0.397 e. The topological polar surface area (TPSA) is 84.9 Å². The van der Waals surface area contributed by atoms with Gasteiger partial charge in [-0.1, -0.05) is 26.2 Å². The van der Waals surface area contributed by atoms with Gasteiger partial charge in [0.15, 0.2) is 0 Å². The van der Waals surface area contributed by atoms with Crippen LogP contribution in [0.1, 0.15) is 113 Å². The fourth-order valence-corrected chi connectivity index (χ4v) is 6.19.